The first-order chi connectivity index (χ1) is 7.13. The number of aromatic nitrogens is 4. The Labute approximate surface area is 86.4 Å². The Kier molecular flexibility index (Phi) is 2.18. The SMILES string of the molecule is CCOC(=O)c1nn(C)c2cn(C)nc12. The Balaban J connectivity index is 2.55. The number of rotatable bonds is 2. The molecule has 0 aromatic carbocycles. The van der Waals surface area contributed by atoms with E-state index in [1.54, 1.807) is 30.4 Å². The number of carbonyl (C=O) groups excluding carboxylic acids is 1. The predicted octanol–water partition coefficient (Wildman–Crippen LogP) is 0.484. The van der Waals surface area contributed by atoms with E-state index in [9.17, 15) is 4.79 Å². The molecule has 2 rings (SSSR count). The lowest BCUT2D eigenvalue weighted by molar-refractivity contribution is 0.0520. The van der Waals surface area contributed by atoms with Crippen LogP contribution in [-0.4, -0.2) is 32.1 Å². The van der Waals surface area contributed by atoms with Gasteiger partial charge in [0.05, 0.1) is 12.8 Å². The molecule has 0 aliphatic carbocycles. The number of aryl methyl sites for hydroxylation is 2. The van der Waals surface area contributed by atoms with Crippen LogP contribution in [0.25, 0.3) is 11.0 Å². The fourth-order valence-electron chi connectivity index (χ4n) is 1.47. The van der Waals surface area contributed by atoms with E-state index in [0.29, 0.717) is 12.1 Å². The zero-order valence-corrected chi connectivity index (χ0v) is 8.89. The molecule has 0 unspecified atom stereocenters. The molecule has 0 aliphatic rings. The van der Waals surface area contributed by atoms with Gasteiger partial charge in [0.1, 0.15) is 11.0 Å². The van der Waals surface area contributed by atoms with Gasteiger partial charge in [-0.15, -0.1) is 0 Å². The summed E-state index contributed by atoms with van der Waals surface area (Å²) in [6, 6.07) is 0. The molecule has 0 amide bonds. The molecule has 80 valence electrons. The number of ether oxygens (including phenoxy) is 1. The van der Waals surface area contributed by atoms with Crippen molar-refractivity contribution in [3.8, 4) is 0 Å². The van der Waals surface area contributed by atoms with Crippen molar-refractivity contribution in [3.63, 3.8) is 0 Å². The van der Waals surface area contributed by atoms with Crippen LogP contribution in [0.2, 0.25) is 0 Å². The highest BCUT2D eigenvalue weighted by Crippen LogP contribution is 2.16. The van der Waals surface area contributed by atoms with E-state index in [2.05, 4.69) is 10.2 Å². The van der Waals surface area contributed by atoms with Crippen LogP contribution in [0, 0.1) is 0 Å². The van der Waals surface area contributed by atoms with Crippen molar-refractivity contribution in [2.24, 2.45) is 14.1 Å². The highest BCUT2D eigenvalue weighted by Gasteiger charge is 2.19. The minimum absolute atomic E-state index is 0.273. The third-order valence-electron chi connectivity index (χ3n) is 2.10. The topological polar surface area (TPSA) is 61.9 Å². The summed E-state index contributed by atoms with van der Waals surface area (Å²) >= 11 is 0. The molecular formula is C9H12N4O2. The van der Waals surface area contributed by atoms with Crippen molar-refractivity contribution in [2.45, 2.75) is 6.92 Å². The Morgan fingerprint density at radius 3 is 2.87 bits per heavy atom. The molecule has 2 heterocycles. The Hall–Kier alpha value is -1.85. The van der Waals surface area contributed by atoms with Crippen molar-refractivity contribution >= 4 is 17.0 Å². The second kappa shape index (κ2) is 3.38. The third-order valence-corrected chi connectivity index (χ3v) is 2.10. The summed E-state index contributed by atoms with van der Waals surface area (Å²) in [6.45, 7) is 2.10. The maximum absolute atomic E-state index is 11.5. The Bertz CT molecular complexity index is 511. The van der Waals surface area contributed by atoms with Gasteiger partial charge in [-0.05, 0) is 6.92 Å². The standard InChI is InChI=1S/C9H12N4O2/c1-4-15-9(14)8-7-6(13(3)11-8)5-12(2)10-7/h5H,4H2,1-3H3. The van der Waals surface area contributed by atoms with Crippen LogP contribution < -0.4 is 0 Å². The van der Waals surface area contributed by atoms with Gasteiger partial charge in [-0.2, -0.15) is 10.2 Å². The summed E-state index contributed by atoms with van der Waals surface area (Å²) in [4.78, 5) is 11.5. The molecule has 0 N–H and O–H groups in total. The second-order valence-corrected chi connectivity index (χ2v) is 3.23. The molecule has 0 aliphatic heterocycles. The van der Waals surface area contributed by atoms with Gasteiger partial charge in [0.15, 0.2) is 5.69 Å². The minimum Gasteiger partial charge on any atom is -0.461 e. The maximum atomic E-state index is 11.5. The lowest BCUT2D eigenvalue weighted by Gasteiger charge is -1.96. The first-order valence-electron chi connectivity index (χ1n) is 4.67. The van der Waals surface area contributed by atoms with Crippen molar-refractivity contribution in [1.29, 1.82) is 0 Å². The van der Waals surface area contributed by atoms with E-state index in [1.165, 1.54) is 0 Å². The molecule has 0 saturated carbocycles. The summed E-state index contributed by atoms with van der Waals surface area (Å²) < 4.78 is 8.16. The normalized spacial score (nSPS) is 10.9. The predicted molar refractivity (Wildman–Crippen MR) is 53.4 cm³/mol. The van der Waals surface area contributed by atoms with Crippen LogP contribution in [0.3, 0.4) is 0 Å². The maximum Gasteiger partial charge on any atom is 0.361 e. The number of hydrogen-bond donors (Lipinski definition) is 0. The average Bonchev–Trinajstić information content (AvgIpc) is 2.67. The Morgan fingerprint density at radius 2 is 2.20 bits per heavy atom. The van der Waals surface area contributed by atoms with Crippen molar-refractivity contribution in [2.75, 3.05) is 6.61 Å². The second-order valence-electron chi connectivity index (χ2n) is 3.23. The molecular weight excluding hydrogens is 196 g/mol. The van der Waals surface area contributed by atoms with Gasteiger partial charge in [0, 0.05) is 14.1 Å². The Morgan fingerprint density at radius 1 is 1.47 bits per heavy atom. The molecule has 6 nitrogen and oxygen atoms in total. The van der Waals surface area contributed by atoms with Crippen LogP contribution in [0.15, 0.2) is 6.20 Å². The molecule has 0 spiro atoms. The average molecular weight is 208 g/mol. The minimum atomic E-state index is -0.429. The molecule has 2 aromatic heterocycles. The van der Waals surface area contributed by atoms with Crippen LogP contribution >= 0.6 is 0 Å². The van der Waals surface area contributed by atoms with E-state index in [-0.39, 0.29) is 5.69 Å². The summed E-state index contributed by atoms with van der Waals surface area (Å²) in [5.41, 5.74) is 1.67. The zero-order valence-electron chi connectivity index (χ0n) is 8.89. The number of carbonyl (C=O) groups is 1. The van der Waals surface area contributed by atoms with Gasteiger partial charge in [-0.3, -0.25) is 9.36 Å². The molecule has 0 saturated heterocycles. The number of fused-ring (bicyclic) bond motifs is 1. The number of nitrogens with zero attached hydrogens (tertiary/aromatic N) is 4. The van der Waals surface area contributed by atoms with Gasteiger partial charge < -0.3 is 4.74 Å². The first-order valence-corrected chi connectivity index (χ1v) is 4.67. The summed E-state index contributed by atoms with van der Waals surface area (Å²) in [5, 5.41) is 8.25. The van der Waals surface area contributed by atoms with Crippen molar-refractivity contribution < 1.29 is 9.53 Å². The fraction of sp³-hybridized carbons (Fsp3) is 0.444. The first kappa shape index (κ1) is 9.70. The van der Waals surface area contributed by atoms with Gasteiger partial charge in [-0.25, -0.2) is 4.79 Å². The molecule has 6 heteroatoms. The molecule has 0 fully saturated rings. The summed E-state index contributed by atoms with van der Waals surface area (Å²) in [5.74, 6) is -0.429. The zero-order chi connectivity index (χ0) is 11.0. The van der Waals surface area contributed by atoms with Crippen molar-refractivity contribution in [3.05, 3.63) is 11.9 Å². The van der Waals surface area contributed by atoms with E-state index < -0.39 is 5.97 Å². The number of hydrogen-bond acceptors (Lipinski definition) is 4. The third kappa shape index (κ3) is 1.47. The fourth-order valence-corrected chi connectivity index (χ4v) is 1.47. The molecule has 0 radical (unpaired) electrons. The van der Waals surface area contributed by atoms with Gasteiger partial charge in [-0.1, -0.05) is 0 Å². The van der Waals surface area contributed by atoms with Gasteiger partial charge in [0.2, 0.25) is 0 Å². The quantitative estimate of drug-likeness (QED) is 0.673. The van der Waals surface area contributed by atoms with Crippen LogP contribution in [-0.2, 0) is 18.8 Å². The largest absolute Gasteiger partial charge is 0.461 e. The van der Waals surface area contributed by atoms with Crippen LogP contribution in [0.4, 0.5) is 0 Å². The van der Waals surface area contributed by atoms with Crippen LogP contribution in [0.5, 0.6) is 0 Å². The van der Waals surface area contributed by atoms with Gasteiger partial charge in [0.25, 0.3) is 0 Å². The van der Waals surface area contributed by atoms with Gasteiger partial charge >= 0.3 is 5.97 Å². The molecule has 2 aromatic rings. The molecule has 0 atom stereocenters. The summed E-state index contributed by atoms with van der Waals surface area (Å²) in [6.07, 6.45) is 1.81. The monoisotopic (exact) mass is 208 g/mol. The van der Waals surface area contributed by atoms with Crippen molar-refractivity contribution in [1.82, 2.24) is 19.6 Å². The molecule has 15 heavy (non-hydrogen) atoms. The van der Waals surface area contributed by atoms with Crippen LogP contribution in [0.1, 0.15) is 17.4 Å². The number of esters is 1. The van der Waals surface area contributed by atoms with E-state index >= 15 is 0 Å². The highest BCUT2D eigenvalue weighted by atomic mass is 16.5. The van der Waals surface area contributed by atoms with E-state index in [1.807, 2.05) is 6.20 Å². The lowest BCUT2D eigenvalue weighted by Crippen LogP contribution is -2.07. The van der Waals surface area contributed by atoms with E-state index in [0.717, 1.165) is 5.52 Å². The van der Waals surface area contributed by atoms with E-state index in [4.69, 9.17) is 4.74 Å². The smallest absolute Gasteiger partial charge is 0.361 e. The lowest BCUT2D eigenvalue weighted by atomic mass is 10.4. The molecule has 0 bridgehead atoms. The highest BCUT2D eigenvalue weighted by molar-refractivity contribution is 6.00. The summed E-state index contributed by atoms with van der Waals surface area (Å²) in [7, 11) is 3.57.